The van der Waals surface area contributed by atoms with Crippen molar-refractivity contribution in [3.05, 3.63) is 60.2 Å². The highest BCUT2D eigenvalue weighted by molar-refractivity contribution is 14.0. The van der Waals surface area contributed by atoms with Gasteiger partial charge in [0.25, 0.3) is 0 Å². The SMILES string of the molecule is CN=C(NCCOc1cccc(OC)c1)NCC(CO)c1ccccc1.I. The Kier molecular flexibility index (Phi) is 11.3. The fourth-order valence-corrected chi connectivity index (χ4v) is 2.48. The Morgan fingerprint density at radius 1 is 1.07 bits per heavy atom. The van der Waals surface area contributed by atoms with Crippen LogP contribution >= 0.6 is 24.0 Å². The first kappa shape index (κ1) is 23.0. The number of ether oxygens (including phenoxy) is 2. The molecular formula is C20H28IN3O3. The van der Waals surface area contributed by atoms with E-state index in [0.29, 0.717) is 25.7 Å². The van der Waals surface area contributed by atoms with E-state index >= 15 is 0 Å². The molecule has 0 saturated heterocycles. The normalized spacial score (nSPS) is 11.9. The third-order valence-corrected chi connectivity index (χ3v) is 3.94. The van der Waals surface area contributed by atoms with Gasteiger partial charge in [-0.2, -0.15) is 0 Å². The van der Waals surface area contributed by atoms with E-state index in [4.69, 9.17) is 9.47 Å². The number of halogens is 1. The van der Waals surface area contributed by atoms with Crippen LogP contribution in [0.15, 0.2) is 59.6 Å². The Morgan fingerprint density at radius 3 is 2.48 bits per heavy atom. The van der Waals surface area contributed by atoms with Gasteiger partial charge in [0.1, 0.15) is 18.1 Å². The summed E-state index contributed by atoms with van der Waals surface area (Å²) >= 11 is 0. The highest BCUT2D eigenvalue weighted by Gasteiger charge is 2.10. The van der Waals surface area contributed by atoms with Gasteiger partial charge in [-0.3, -0.25) is 4.99 Å². The van der Waals surface area contributed by atoms with Crippen LogP contribution in [0.5, 0.6) is 11.5 Å². The lowest BCUT2D eigenvalue weighted by atomic mass is 10.0. The first-order chi connectivity index (χ1) is 12.8. The molecule has 1 atom stereocenters. The van der Waals surface area contributed by atoms with Crippen LogP contribution in [-0.4, -0.2) is 51.5 Å². The van der Waals surface area contributed by atoms with Crippen LogP contribution in [0.3, 0.4) is 0 Å². The quantitative estimate of drug-likeness (QED) is 0.221. The molecule has 148 valence electrons. The molecule has 1 unspecified atom stereocenters. The average molecular weight is 485 g/mol. The molecule has 0 heterocycles. The summed E-state index contributed by atoms with van der Waals surface area (Å²) in [6.07, 6.45) is 0. The molecule has 0 aliphatic rings. The maximum absolute atomic E-state index is 9.62. The van der Waals surface area contributed by atoms with Gasteiger partial charge in [-0.1, -0.05) is 36.4 Å². The van der Waals surface area contributed by atoms with Crippen molar-refractivity contribution in [1.82, 2.24) is 10.6 Å². The molecule has 0 fully saturated rings. The summed E-state index contributed by atoms with van der Waals surface area (Å²) in [5, 5.41) is 16.1. The number of hydrogen-bond donors (Lipinski definition) is 3. The van der Waals surface area contributed by atoms with Crippen molar-refractivity contribution in [2.24, 2.45) is 4.99 Å². The fourth-order valence-electron chi connectivity index (χ4n) is 2.48. The topological polar surface area (TPSA) is 75.1 Å². The van der Waals surface area contributed by atoms with Crippen molar-refractivity contribution < 1.29 is 14.6 Å². The van der Waals surface area contributed by atoms with Gasteiger partial charge in [-0.15, -0.1) is 24.0 Å². The molecule has 0 radical (unpaired) electrons. The highest BCUT2D eigenvalue weighted by Crippen LogP contribution is 2.18. The number of nitrogens with one attached hydrogen (secondary N) is 2. The summed E-state index contributed by atoms with van der Waals surface area (Å²) in [6, 6.07) is 17.4. The van der Waals surface area contributed by atoms with E-state index in [1.165, 1.54) is 0 Å². The van der Waals surface area contributed by atoms with E-state index in [1.54, 1.807) is 14.2 Å². The summed E-state index contributed by atoms with van der Waals surface area (Å²) in [7, 11) is 3.35. The maximum Gasteiger partial charge on any atom is 0.191 e. The smallest absolute Gasteiger partial charge is 0.191 e. The number of rotatable bonds is 9. The van der Waals surface area contributed by atoms with Crippen molar-refractivity contribution in [3.8, 4) is 11.5 Å². The molecule has 6 nitrogen and oxygen atoms in total. The van der Waals surface area contributed by atoms with Crippen molar-refractivity contribution in [2.45, 2.75) is 5.92 Å². The van der Waals surface area contributed by atoms with E-state index in [-0.39, 0.29) is 36.5 Å². The molecule has 0 amide bonds. The third-order valence-electron chi connectivity index (χ3n) is 3.94. The molecule has 27 heavy (non-hydrogen) atoms. The second kappa shape index (κ2) is 13.2. The van der Waals surface area contributed by atoms with E-state index < -0.39 is 0 Å². The summed E-state index contributed by atoms with van der Waals surface area (Å²) in [6.45, 7) is 1.77. The first-order valence-electron chi connectivity index (χ1n) is 8.64. The van der Waals surface area contributed by atoms with Crippen LogP contribution in [0, 0.1) is 0 Å². The monoisotopic (exact) mass is 485 g/mol. The zero-order valence-electron chi connectivity index (χ0n) is 15.7. The Morgan fingerprint density at radius 2 is 1.81 bits per heavy atom. The minimum absolute atomic E-state index is 0. The molecular weight excluding hydrogens is 457 g/mol. The molecule has 0 aliphatic carbocycles. The van der Waals surface area contributed by atoms with Gasteiger partial charge in [0.2, 0.25) is 0 Å². The van der Waals surface area contributed by atoms with Gasteiger partial charge in [-0.25, -0.2) is 0 Å². The van der Waals surface area contributed by atoms with E-state index in [2.05, 4.69) is 15.6 Å². The Bertz CT molecular complexity index is 683. The number of aliphatic imine (C=N–C) groups is 1. The van der Waals surface area contributed by atoms with Crippen LogP contribution in [0.25, 0.3) is 0 Å². The molecule has 0 saturated carbocycles. The van der Waals surface area contributed by atoms with Gasteiger partial charge in [0.15, 0.2) is 5.96 Å². The zero-order chi connectivity index (χ0) is 18.6. The number of hydrogen-bond acceptors (Lipinski definition) is 4. The molecule has 2 rings (SSSR count). The van der Waals surface area contributed by atoms with E-state index in [9.17, 15) is 5.11 Å². The van der Waals surface area contributed by atoms with Crippen LogP contribution in [0.1, 0.15) is 11.5 Å². The zero-order valence-corrected chi connectivity index (χ0v) is 18.1. The van der Waals surface area contributed by atoms with Crippen LogP contribution < -0.4 is 20.1 Å². The van der Waals surface area contributed by atoms with Gasteiger partial charge in [0.05, 0.1) is 20.3 Å². The van der Waals surface area contributed by atoms with Crippen molar-refractivity contribution in [2.75, 3.05) is 40.5 Å². The standard InChI is InChI=1S/C20H27N3O3.HI/c1-21-20(23-14-17(15-24)16-7-4-3-5-8-16)22-11-12-26-19-10-6-9-18(13-19)25-2;/h3-10,13,17,24H,11-12,14-15H2,1-2H3,(H2,21,22,23);1H. The minimum Gasteiger partial charge on any atom is -0.497 e. The summed E-state index contributed by atoms with van der Waals surface area (Å²) in [4.78, 5) is 4.20. The lowest BCUT2D eigenvalue weighted by molar-refractivity contribution is 0.265. The van der Waals surface area contributed by atoms with E-state index in [0.717, 1.165) is 17.1 Å². The summed E-state index contributed by atoms with van der Waals surface area (Å²) in [5.41, 5.74) is 1.10. The molecule has 0 bridgehead atoms. The fraction of sp³-hybridized carbons (Fsp3) is 0.350. The lowest BCUT2D eigenvalue weighted by Gasteiger charge is -2.18. The van der Waals surface area contributed by atoms with Crippen molar-refractivity contribution in [1.29, 1.82) is 0 Å². The molecule has 2 aromatic carbocycles. The number of benzene rings is 2. The summed E-state index contributed by atoms with van der Waals surface area (Å²) in [5.74, 6) is 2.22. The Balaban J connectivity index is 0.00000364. The van der Waals surface area contributed by atoms with Crippen LogP contribution in [0.4, 0.5) is 0 Å². The number of aliphatic hydroxyl groups is 1. The average Bonchev–Trinajstić information content (AvgIpc) is 2.71. The van der Waals surface area contributed by atoms with Gasteiger partial charge in [0, 0.05) is 25.6 Å². The highest BCUT2D eigenvalue weighted by atomic mass is 127. The van der Waals surface area contributed by atoms with Crippen molar-refractivity contribution in [3.63, 3.8) is 0 Å². The van der Waals surface area contributed by atoms with Crippen molar-refractivity contribution >= 4 is 29.9 Å². The van der Waals surface area contributed by atoms with Crippen LogP contribution in [-0.2, 0) is 0 Å². The second-order valence-corrected chi connectivity index (χ2v) is 5.70. The van der Waals surface area contributed by atoms with Crippen LogP contribution in [0.2, 0.25) is 0 Å². The molecule has 7 heteroatoms. The predicted molar refractivity (Wildman–Crippen MR) is 120 cm³/mol. The lowest BCUT2D eigenvalue weighted by Crippen LogP contribution is -2.41. The largest absolute Gasteiger partial charge is 0.497 e. The summed E-state index contributed by atoms with van der Waals surface area (Å²) < 4.78 is 10.9. The third kappa shape index (κ3) is 8.04. The second-order valence-electron chi connectivity index (χ2n) is 5.70. The van der Waals surface area contributed by atoms with Gasteiger partial charge in [-0.05, 0) is 17.7 Å². The molecule has 3 N–H and O–H groups in total. The number of aliphatic hydroxyl groups excluding tert-OH is 1. The Labute approximate surface area is 178 Å². The number of nitrogens with zero attached hydrogens (tertiary/aromatic N) is 1. The number of methoxy groups -OCH3 is 1. The molecule has 2 aromatic rings. The van der Waals surface area contributed by atoms with Gasteiger partial charge < -0.3 is 25.2 Å². The molecule has 0 aliphatic heterocycles. The minimum atomic E-state index is 0. The van der Waals surface area contributed by atoms with Gasteiger partial charge >= 0.3 is 0 Å². The first-order valence-corrected chi connectivity index (χ1v) is 8.64. The van der Waals surface area contributed by atoms with E-state index in [1.807, 2.05) is 54.6 Å². The molecule has 0 spiro atoms. The number of guanidine groups is 1. The predicted octanol–water partition coefficient (Wildman–Crippen LogP) is 2.63. The molecule has 0 aromatic heterocycles. The maximum atomic E-state index is 9.62. The Hall–Kier alpha value is -2.00.